The van der Waals surface area contributed by atoms with Gasteiger partial charge in [-0.2, -0.15) is 0 Å². The van der Waals surface area contributed by atoms with Gasteiger partial charge in [0.1, 0.15) is 0 Å². The molecule has 0 radical (unpaired) electrons. The topological polar surface area (TPSA) is 12.0 Å². The molecule has 1 aromatic carbocycles. The molecule has 0 bridgehead atoms. The zero-order chi connectivity index (χ0) is 12.4. The molecule has 1 nitrogen and oxygen atoms in total. The number of hydrogen-bond donors (Lipinski definition) is 1. The first kappa shape index (κ1) is 13.0. The van der Waals surface area contributed by atoms with Crippen molar-refractivity contribution in [3.8, 4) is 0 Å². The maximum Gasteiger partial charge on any atom is 0.0931 e. The van der Waals surface area contributed by atoms with E-state index in [1.165, 1.54) is 11.3 Å². The third-order valence-electron chi connectivity index (χ3n) is 2.39. The predicted octanol–water partition coefficient (Wildman–Crippen LogP) is 5.88. The van der Waals surface area contributed by atoms with Crippen molar-refractivity contribution in [3.63, 3.8) is 0 Å². The molecule has 2 aromatic rings. The highest BCUT2D eigenvalue weighted by Crippen LogP contribution is 2.31. The standard InChI is InChI=1S/C12H10Cl3NS/c1-7(8-4-12(15)17-6-8)16-11-5-9(13)2-3-10(11)14/h2-7,16H,1H3. The van der Waals surface area contributed by atoms with E-state index in [4.69, 9.17) is 34.8 Å². The normalized spacial score (nSPS) is 12.5. The molecule has 0 saturated carbocycles. The highest BCUT2D eigenvalue weighted by molar-refractivity contribution is 7.14. The minimum atomic E-state index is 0.134. The Kier molecular flexibility index (Phi) is 4.21. The number of anilines is 1. The molecule has 1 unspecified atom stereocenters. The van der Waals surface area contributed by atoms with Crippen molar-refractivity contribution in [2.45, 2.75) is 13.0 Å². The van der Waals surface area contributed by atoms with Gasteiger partial charge >= 0.3 is 0 Å². The maximum atomic E-state index is 6.09. The Balaban J connectivity index is 2.18. The zero-order valence-electron chi connectivity index (χ0n) is 9.01. The van der Waals surface area contributed by atoms with Gasteiger partial charge in [-0.25, -0.2) is 0 Å². The number of halogens is 3. The van der Waals surface area contributed by atoms with E-state index in [0.29, 0.717) is 10.0 Å². The van der Waals surface area contributed by atoms with E-state index in [0.717, 1.165) is 15.6 Å². The lowest BCUT2D eigenvalue weighted by molar-refractivity contribution is 0.891. The number of nitrogens with one attached hydrogen (secondary N) is 1. The third-order valence-corrected chi connectivity index (χ3v) is 4.06. The molecule has 90 valence electrons. The van der Waals surface area contributed by atoms with Gasteiger partial charge in [-0.3, -0.25) is 0 Å². The van der Waals surface area contributed by atoms with Gasteiger partial charge in [-0.1, -0.05) is 34.8 Å². The van der Waals surface area contributed by atoms with Crippen molar-refractivity contribution in [3.05, 3.63) is 49.6 Å². The Bertz CT molecular complexity index is 524. The van der Waals surface area contributed by atoms with Crippen LogP contribution in [0.1, 0.15) is 18.5 Å². The smallest absolute Gasteiger partial charge is 0.0931 e. The Morgan fingerprint density at radius 3 is 2.59 bits per heavy atom. The van der Waals surface area contributed by atoms with Crippen LogP contribution >= 0.6 is 46.1 Å². The van der Waals surface area contributed by atoms with Crippen molar-refractivity contribution >= 4 is 51.8 Å². The van der Waals surface area contributed by atoms with E-state index in [2.05, 4.69) is 12.2 Å². The van der Waals surface area contributed by atoms with Crippen LogP contribution < -0.4 is 5.32 Å². The van der Waals surface area contributed by atoms with Gasteiger partial charge in [0.25, 0.3) is 0 Å². The summed E-state index contributed by atoms with van der Waals surface area (Å²) in [6.07, 6.45) is 0. The van der Waals surface area contributed by atoms with E-state index in [9.17, 15) is 0 Å². The Hall–Kier alpha value is -0.410. The minimum Gasteiger partial charge on any atom is -0.377 e. The summed E-state index contributed by atoms with van der Waals surface area (Å²) in [5.74, 6) is 0. The fourth-order valence-electron chi connectivity index (χ4n) is 1.48. The van der Waals surface area contributed by atoms with Crippen LogP contribution in [0.15, 0.2) is 29.6 Å². The van der Waals surface area contributed by atoms with Gasteiger partial charge in [0, 0.05) is 11.1 Å². The molecule has 5 heteroatoms. The molecule has 0 spiro atoms. The third kappa shape index (κ3) is 3.29. The molecule has 0 amide bonds. The first-order valence-electron chi connectivity index (χ1n) is 5.02. The fraction of sp³-hybridized carbons (Fsp3) is 0.167. The molecule has 1 N–H and O–H groups in total. The van der Waals surface area contributed by atoms with Crippen LogP contribution in [0.2, 0.25) is 14.4 Å². The average molecular weight is 307 g/mol. The summed E-state index contributed by atoms with van der Waals surface area (Å²) in [6, 6.07) is 7.44. The monoisotopic (exact) mass is 305 g/mol. The Labute approximate surface area is 119 Å². The lowest BCUT2D eigenvalue weighted by atomic mass is 10.1. The summed E-state index contributed by atoms with van der Waals surface area (Å²) in [4.78, 5) is 0. The molecule has 0 aliphatic heterocycles. The largest absolute Gasteiger partial charge is 0.377 e. The molecule has 17 heavy (non-hydrogen) atoms. The van der Waals surface area contributed by atoms with Crippen LogP contribution in [-0.2, 0) is 0 Å². The Morgan fingerprint density at radius 2 is 1.94 bits per heavy atom. The summed E-state index contributed by atoms with van der Waals surface area (Å²) >= 11 is 19.4. The van der Waals surface area contributed by atoms with Crippen LogP contribution in [0.5, 0.6) is 0 Å². The van der Waals surface area contributed by atoms with E-state index >= 15 is 0 Å². The SMILES string of the molecule is CC(Nc1cc(Cl)ccc1Cl)c1csc(Cl)c1. The lowest BCUT2D eigenvalue weighted by Crippen LogP contribution is -2.05. The molecule has 1 atom stereocenters. The molecule has 0 aliphatic carbocycles. The van der Waals surface area contributed by atoms with Crippen LogP contribution in [0.25, 0.3) is 0 Å². The maximum absolute atomic E-state index is 6.09. The fourth-order valence-corrected chi connectivity index (χ4v) is 2.80. The zero-order valence-corrected chi connectivity index (χ0v) is 12.1. The molecule has 0 aliphatic rings. The number of rotatable bonds is 3. The van der Waals surface area contributed by atoms with Gasteiger partial charge in [0.15, 0.2) is 0 Å². The molecule has 0 saturated heterocycles. The first-order valence-corrected chi connectivity index (χ1v) is 7.03. The van der Waals surface area contributed by atoms with Crippen LogP contribution in [0.4, 0.5) is 5.69 Å². The average Bonchev–Trinajstić information content (AvgIpc) is 2.70. The molecular formula is C12H10Cl3NS. The molecule has 2 rings (SSSR count). The first-order chi connectivity index (χ1) is 8.06. The lowest BCUT2D eigenvalue weighted by Gasteiger charge is -2.15. The van der Waals surface area contributed by atoms with Crippen LogP contribution in [0.3, 0.4) is 0 Å². The summed E-state index contributed by atoms with van der Waals surface area (Å²) in [5, 5.41) is 6.65. The molecular weight excluding hydrogens is 297 g/mol. The van der Waals surface area contributed by atoms with E-state index in [1.54, 1.807) is 12.1 Å². The van der Waals surface area contributed by atoms with Gasteiger partial charge in [0.2, 0.25) is 0 Å². The second-order valence-electron chi connectivity index (χ2n) is 3.67. The minimum absolute atomic E-state index is 0.134. The van der Waals surface area contributed by atoms with Gasteiger partial charge in [-0.05, 0) is 42.1 Å². The predicted molar refractivity (Wildman–Crippen MR) is 77.8 cm³/mol. The summed E-state index contributed by atoms with van der Waals surface area (Å²) < 4.78 is 0.783. The molecule has 1 heterocycles. The van der Waals surface area contributed by atoms with E-state index in [1.807, 2.05) is 17.5 Å². The summed E-state index contributed by atoms with van der Waals surface area (Å²) in [5.41, 5.74) is 1.96. The number of benzene rings is 1. The van der Waals surface area contributed by atoms with Crippen molar-refractivity contribution in [1.29, 1.82) is 0 Å². The molecule has 1 aromatic heterocycles. The highest BCUT2D eigenvalue weighted by Gasteiger charge is 2.09. The molecule has 0 fully saturated rings. The van der Waals surface area contributed by atoms with Crippen LogP contribution in [-0.4, -0.2) is 0 Å². The highest BCUT2D eigenvalue weighted by atomic mass is 35.5. The second-order valence-corrected chi connectivity index (χ2v) is 6.06. The van der Waals surface area contributed by atoms with Gasteiger partial charge in [-0.15, -0.1) is 11.3 Å². The van der Waals surface area contributed by atoms with Gasteiger partial charge < -0.3 is 5.32 Å². The van der Waals surface area contributed by atoms with Crippen molar-refractivity contribution in [2.24, 2.45) is 0 Å². The second kappa shape index (κ2) is 5.49. The number of hydrogen-bond acceptors (Lipinski definition) is 2. The Morgan fingerprint density at radius 1 is 1.18 bits per heavy atom. The van der Waals surface area contributed by atoms with E-state index < -0.39 is 0 Å². The van der Waals surface area contributed by atoms with Crippen molar-refractivity contribution in [1.82, 2.24) is 0 Å². The van der Waals surface area contributed by atoms with Gasteiger partial charge in [0.05, 0.1) is 15.0 Å². The summed E-state index contributed by atoms with van der Waals surface area (Å²) in [6.45, 7) is 2.05. The van der Waals surface area contributed by atoms with E-state index in [-0.39, 0.29) is 6.04 Å². The quantitative estimate of drug-likeness (QED) is 0.746. The van der Waals surface area contributed by atoms with Crippen molar-refractivity contribution < 1.29 is 0 Å². The van der Waals surface area contributed by atoms with Crippen molar-refractivity contribution in [2.75, 3.05) is 5.32 Å². The van der Waals surface area contributed by atoms with Crippen LogP contribution in [0, 0.1) is 0 Å². The number of thiophene rings is 1. The summed E-state index contributed by atoms with van der Waals surface area (Å²) in [7, 11) is 0.